The van der Waals surface area contributed by atoms with E-state index in [1.165, 1.54) is 0 Å². The van der Waals surface area contributed by atoms with Gasteiger partial charge in [0.15, 0.2) is 0 Å². The van der Waals surface area contributed by atoms with Crippen molar-refractivity contribution in [1.29, 1.82) is 0 Å². The van der Waals surface area contributed by atoms with E-state index in [1.807, 2.05) is 49.4 Å². The summed E-state index contributed by atoms with van der Waals surface area (Å²) in [5, 5.41) is 3.38. The van der Waals surface area contributed by atoms with Crippen LogP contribution in [-0.4, -0.2) is 0 Å². The molecule has 0 bridgehead atoms. The van der Waals surface area contributed by atoms with Gasteiger partial charge in [-0.3, -0.25) is 0 Å². The van der Waals surface area contributed by atoms with E-state index in [1.54, 1.807) is 6.08 Å². The number of benzene rings is 1. The van der Waals surface area contributed by atoms with Crippen LogP contribution in [-0.2, 0) is 0 Å². The molecule has 0 radical (unpaired) electrons. The SMILES string of the molecule is C=C/C=C1\C(=C)C(=C)/C(=C\C(=C)Nc2ccc(/C(C=C)=C/C=C\C)cc2)C1(C)C. The molecule has 1 fully saturated rings. The monoisotopic (exact) mass is 381 g/mol. The van der Waals surface area contributed by atoms with Crippen LogP contribution in [0.2, 0.25) is 0 Å². The van der Waals surface area contributed by atoms with Gasteiger partial charge in [-0.1, -0.05) is 95.3 Å². The van der Waals surface area contributed by atoms with E-state index in [0.717, 1.165) is 44.8 Å². The number of allylic oxidation sites excluding steroid dienone is 12. The molecule has 148 valence electrons. The van der Waals surface area contributed by atoms with Crippen LogP contribution >= 0.6 is 0 Å². The normalized spacial score (nSPS) is 19.2. The zero-order valence-electron chi connectivity index (χ0n) is 17.9. The molecule has 0 spiro atoms. The first-order valence-corrected chi connectivity index (χ1v) is 9.72. The maximum Gasteiger partial charge on any atom is 0.0384 e. The van der Waals surface area contributed by atoms with Gasteiger partial charge < -0.3 is 5.32 Å². The zero-order chi connectivity index (χ0) is 21.6. The van der Waals surface area contributed by atoms with Gasteiger partial charge in [0.05, 0.1) is 0 Å². The fourth-order valence-electron chi connectivity index (χ4n) is 3.54. The van der Waals surface area contributed by atoms with Crippen molar-refractivity contribution >= 4 is 11.3 Å². The summed E-state index contributed by atoms with van der Waals surface area (Å²) in [5.74, 6) is 0. The second-order valence-corrected chi connectivity index (χ2v) is 7.54. The summed E-state index contributed by atoms with van der Waals surface area (Å²) in [5.41, 5.74) is 7.98. The van der Waals surface area contributed by atoms with Crippen molar-refractivity contribution < 1.29 is 0 Å². The maximum atomic E-state index is 4.24. The van der Waals surface area contributed by atoms with Gasteiger partial charge in [0.1, 0.15) is 0 Å². The van der Waals surface area contributed by atoms with Crippen molar-refractivity contribution in [2.24, 2.45) is 5.41 Å². The molecule has 1 aromatic rings. The van der Waals surface area contributed by atoms with Crippen LogP contribution in [0.4, 0.5) is 5.69 Å². The summed E-state index contributed by atoms with van der Waals surface area (Å²) < 4.78 is 0. The molecule has 1 nitrogen and oxygen atoms in total. The van der Waals surface area contributed by atoms with E-state index in [-0.39, 0.29) is 5.41 Å². The first-order valence-electron chi connectivity index (χ1n) is 9.72. The van der Waals surface area contributed by atoms with Crippen LogP contribution in [0.3, 0.4) is 0 Å². The van der Waals surface area contributed by atoms with Crippen molar-refractivity contribution in [3.05, 3.63) is 133 Å². The third-order valence-electron chi connectivity index (χ3n) is 5.18. The minimum absolute atomic E-state index is 0.187. The van der Waals surface area contributed by atoms with E-state index in [9.17, 15) is 0 Å². The van der Waals surface area contributed by atoms with Crippen molar-refractivity contribution in [3.8, 4) is 0 Å². The largest absolute Gasteiger partial charge is 0.356 e. The van der Waals surface area contributed by atoms with E-state index in [4.69, 9.17) is 0 Å². The summed E-state index contributed by atoms with van der Waals surface area (Å²) >= 11 is 0. The lowest BCUT2D eigenvalue weighted by atomic mass is 9.82. The highest BCUT2D eigenvalue weighted by Crippen LogP contribution is 2.52. The third-order valence-corrected chi connectivity index (χ3v) is 5.18. The van der Waals surface area contributed by atoms with Gasteiger partial charge >= 0.3 is 0 Å². The molecular formula is C28H31N. The Morgan fingerprint density at radius 2 is 1.62 bits per heavy atom. The summed E-state index contributed by atoms with van der Waals surface area (Å²) in [6, 6.07) is 8.24. The Morgan fingerprint density at radius 3 is 2.17 bits per heavy atom. The molecular weight excluding hydrogens is 350 g/mol. The smallest absolute Gasteiger partial charge is 0.0384 e. The lowest BCUT2D eigenvalue weighted by Gasteiger charge is -2.22. The lowest BCUT2D eigenvalue weighted by Crippen LogP contribution is -2.12. The minimum Gasteiger partial charge on any atom is -0.356 e. The van der Waals surface area contributed by atoms with Crippen LogP contribution in [0, 0.1) is 5.41 Å². The van der Waals surface area contributed by atoms with Gasteiger partial charge in [-0.25, -0.2) is 0 Å². The Labute approximate surface area is 176 Å². The molecule has 0 atom stereocenters. The molecule has 2 rings (SSSR count). The Hall–Kier alpha value is -3.32. The number of hydrogen-bond acceptors (Lipinski definition) is 1. The Bertz CT molecular complexity index is 970. The molecule has 0 unspecified atom stereocenters. The van der Waals surface area contributed by atoms with Crippen molar-refractivity contribution in [2.45, 2.75) is 20.8 Å². The fourth-order valence-corrected chi connectivity index (χ4v) is 3.54. The van der Waals surface area contributed by atoms with E-state index in [2.05, 4.69) is 70.3 Å². The van der Waals surface area contributed by atoms with Crippen LogP contribution in [0.15, 0.2) is 128 Å². The Kier molecular flexibility index (Phi) is 7.01. The number of hydrogen-bond donors (Lipinski definition) is 1. The molecule has 0 heterocycles. The van der Waals surface area contributed by atoms with Gasteiger partial charge in [0.2, 0.25) is 0 Å². The molecule has 29 heavy (non-hydrogen) atoms. The summed E-state index contributed by atoms with van der Waals surface area (Å²) in [6.45, 7) is 26.7. The fraction of sp³-hybridized carbons (Fsp3) is 0.143. The van der Waals surface area contributed by atoms with E-state index < -0.39 is 0 Å². The van der Waals surface area contributed by atoms with Gasteiger partial charge in [-0.2, -0.15) is 0 Å². The molecule has 0 aromatic heterocycles. The second-order valence-electron chi connectivity index (χ2n) is 7.54. The van der Waals surface area contributed by atoms with Crippen molar-refractivity contribution in [2.75, 3.05) is 5.32 Å². The Balaban J connectivity index is 2.24. The number of anilines is 1. The van der Waals surface area contributed by atoms with Crippen LogP contribution in [0.1, 0.15) is 26.3 Å². The van der Waals surface area contributed by atoms with Crippen molar-refractivity contribution in [3.63, 3.8) is 0 Å². The summed E-state index contributed by atoms with van der Waals surface area (Å²) in [7, 11) is 0. The topological polar surface area (TPSA) is 12.0 Å². The molecule has 1 aromatic carbocycles. The average Bonchev–Trinajstić information content (AvgIpc) is 2.84. The van der Waals surface area contributed by atoms with Crippen LogP contribution in [0.25, 0.3) is 5.57 Å². The van der Waals surface area contributed by atoms with E-state index in [0.29, 0.717) is 0 Å². The lowest BCUT2D eigenvalue weighted by molar-refractivity contribution is 0.583. The van der Waals surface area contributed by atoms with Gasteiger partial charge in [-0.05, 0) is 58.6 Å². The van der Waals surface area contributed by atoms with Gasteiger partial charge in [-0.15, -0.1) is 0 Å². The van der Waals surface area contributed by atoms with E-state index >= 15 is 0 Å². The quantitative estimate of drug-likeness (QED) is 0.472. The van der Waals surface area contributed by atoms with Crippen LogP contribution < -0.4 is 5.32 Å². The van der Waals surface area contributed by atoms with Gasteiger partial charge in [0, 0.05) is 16.8 Å². The molecule has 1 heteroatoms. The first kappa shape index (κ1) is 22.0. The molecule has 1 saturated carbocycles. The molecule has 0 amide bonds. The molecule has 1 N–H and O–H groups in total. The zero-order valence-corrected chi connectivity index (χ0v) is 17.9. The third kappa shape index (κ3) is 4.75. The number of rotatable bonds is 7. The van der Waals surface area contributed by atoms with Crippen molar-refractivity contribution in [1.82, 2.24) is 0 Å². The molecule has 0 saturated heterocycles. The highest BCUT2D eigenvalue weighted by molar-refractivity contribution is 5.76. The number of nitrogens with one attached hydrogen (secondary N) is 1. The van der Waals surface area contributed by atoms with Gasteiger partial charge in [0.25, 0.3) is 0 Å². The predicted octanol–water partition coefficient (Wildman–Crippen LogP) is 7.95. The average molecular weight is 382 g/mol. The highest BCUT2D eigenvalue weighted by atomic mass is 14.9. The molecule has 1 aliphatic carbocycles. The summed E-state index contributed by atoms with van der Waals surface area (Å²) in [4.78, 5) is 0. The van der Waals surface area contributed by atoms with Crippen LogP contribution in [0.5, 0.6) is 0 Å². The Morgan fingerprint density at radius 1 is 1.00 bits per heavy atom. The molecule has 0 aliphatic heterocycles. The minimum atomic E-state index is -0.187. The molecule has 1 aliphatic rings. The predicted molar refractivity (Wildman–Crippen MR) is 131 cm³/mol. The first-order chi connectivity index (χ1) is 13.8. The second kappa shape index (κ2) is 9.25. The standard InChI is InChI=1S/C28H31N/c1-9-12-14-23(11-3)24-15-17-25(18-16-24)29-20(4)19-27-22(6)21(5)26(13-10-2)28(27,7)8/h9-19,29H,2-6H2,1,7-8H3/b12-9-,23-14+,26-13+,27-19+. The maximum absolute atomic E-state index is 4.24. The summed E-state index contributed by atoms with van der Waals surface area (Å²) in [6.07, 6.45) is 13.8. The highest BCUT2D eigenvalue weighted by Gasteiger charge is 2.38.